The Balaban J connectivity index is 1.53. The van der Waals surface area contributed by atoms with Crippen molar-refractivity contribution >= 4 is 46.1 Å². The fraction of sp³-hybridized carbons (Fsp3) is 0.286. The third-order valence-corrected chi connectivity index (χ3v) is 5.81. The highest BCUT2D eigenvalue weighted by atomic mass is 35.5. The predicted molar refractivity (Wildman–Crippen MR) is 117 cm³/mol. The predicted octanol–water partition coefficient (Wildman–Crippen LogP) is 3.27. The average Bonchev–Trinajstić information content (AvgIpc) is 2.99. The van der Waals surface area contributed by atoms with Crippen molar-refractivity contribution < 1.29 is 14.4 Å². The summed E-state index contributed by atoms with van der Waals surface area (Å²) in [5.74, 6) is -0.397. The van der Waals surface area contributed by atoms with Gasteiger partial charge in [0.25, 0.3) is 11.1 Å². The van der Waals surface area contributed by atoms with E-state index >= 15 is 0 Å². The maximum absolute atomic E-state index is 12.6. The Bertz CT molecular complexity index is 931. The van der Waals surface area contributed by atoms with E-state index in [1.54, 1.807) is 12.1 Å². The van der Waals surface area contributed by atoms with Crippen molar-refractivity contribution in [1.82, 2.24) is 10.6 Å². The van der Waals surface area contributed by atoms with E-state index in [9.17, 15) is 14.4 Å². The van der Waals surface area contributed by atoms with Gasteiger partial charge >= 0.3 is 0 Å². The molecule has 3 amide bonds. The summed E-state index contributed by atoms with van der Waals surface area (Å²) < 4.78 is 0. The molecule has 29 heavy (non-hydrogen) atoms. The zero-order valence-corrected chi connectivity index (χ0v) is 17.8. The number of rotatable bonds is 7. The molecule has 1 aliphatic rings. The topological polar surface area (TPSA) is 78.5 Å². The number of anilines is 1. The van der Waals surface area contributed by atoms with Crippen LogP contribution in [0.2, 0.25) is 5.02 Å². The SMILES string of the molecule is CN(C)c1ccc(Cl)cc1C(=O)NCCc1ccc(C[C@H]2SC(=O)NC2=O)cc1. The quantitative estimate of drug-likeness (QED) is 0.703. The molecule has 2 aromatic rings. The van der Waals surface area contributed by atoms with Crippen LogP contribution < -0.4 is 15.5 Å². The van der Waals surface area contributed by atoms with Gasteiger partial charge in [-0.05, 0) is 42.2 Å². The van der Waals surface area contributed by atoms with E-state index in [2.05, 4.69) is 10.6 Å². The summed E-state index contributed by atoms with van der Waals surface area (Å²) >= 11 is 7.08. The maximum atomic E-state index is 12.6. The van der Waals surface area contributed by atoms with Crippen molar-refractivity contribution in [2.45, 2.75) is 18.1 Å². The van der Waals surface area contributed by atoms with Crippen molar-refractivity contribution in [3.63, 3.8) is 0 Å². The lowest BCUT2D eigenvalue weighted by molar-refractivity contribution is -0.118. The van der Waals surface area contributed by atoms with E-state index in [1.165, 1.54) is 0 Å². The molecule has 0 unspecified atom stereocenters. The number of hydrogen-bond acceptors (Lipinski definition) is 5. The lowest BCUT2D eigenvalue weighted by atomic mass is 10.0. The molecule has 1 heterocycles. The van der Waals surface area contributed by atoms with Crippen LogP contribution in [0.1, 0.15) is 21.5 Å². The van der Waals surface area contributed by atoms with E-state index in [0.29, 0.717) is 30.0 Å². The fourth-order valence-electron chi connectivity index (χ4n) is 3.08. The van der Waals surface area contributed by atoms with Crippen LogP contribution >= 0.6 is 23.4 Å². The van der Waals surface area contributed by atoms with Crippen LogP contribution in [-0.4, -0.2) is 42.9 Å². The number of thioether (sulfide) groups is 1. The van der Waals surface area contributed by atoms with Gasteiger partial charge in [0.2, 0.25) is 5.91 Å². The lowest BCUT2D eigenvalue weighted by Gasteiger charge is -2.17. The van der Waals surface area contributed by atoms with Gasteiger partial charge in [-0.1, -0.05) is 47.6 Å². The molecule has 3 rings (SSSR count). The number of nitrogens with one attached hydrogen (secondary N) is 2. The zero-order valence-electron chi connectivity index (χ0n) is 16.2. The number of nitrogens with zero attached hydrogens (tertiary/aromatic N) is 1. The van der Waals surface area contributed by atoms with Gasteiger partial charge in [-0.25, -0.2) is 0 Å². The van der Waals surface area contributed by atoms with Crippen LogP contribution in [0.5, 0.6) is 0 Å². The molecular weight excluding hydrogens is 410 g/mol. The fourth-order valence-corrected chi connectivity index (χ4v) is 4.11. The average molecular weight is 432 g/mol. The number of halogens is 1. The van der Waals surface area contributed by atoms with Crippen molar-refractivity contribution in [2.75, 3.05) is 25.5 Å². The van der Waals surface area contributed by atoms with Gasteiger partial charge in [-0.2, -0.15) is 0 Å². The Morgan fingerprint density at radius 2 is 1.83 bits per heavy atom. The molecule has 1 saturated heterocycles. The van der Waals surface area contributed by atoms with Crippen LogP contribution in [0, 0.1) is 0 Å². The molecule has 8 heteroatoms. The summed E-state index contributed by atoms with van der Waals surface area (Å²) in [4.78, 5) is 37.3. The Hall–Kier alpha value is -2.51. The first kappa shape index (κ1) is 21.2. The largest absolute Gasteiger partial charge is 0.377 e. The molecule has 2 N–H and O–H groups in total. The molecule has 2 aromatic carbocycles. The Labute approximate surface area is 179 Å². The van der Waals surface area contributed by atoms with Crippen molar-refractivity contribution in [1.29, 1.82) is 0 Å². The minimum absolute atomic E-state index is 0.165. The second-order valence-corrected chi connectivity index (χ2v) is 8.58. The zero-order chi connectivity index (χ0) is 21.0. The van der Waals surface area contributed by atoms with Gasteiger partial charge in [-0.3, -0.25) is 19.7 Å². The first-order chi connectivity index (χ1) is 13.8. The van der Waals surface area contributed by atoms with E-state index < -0.39 is 0 Å². The number of benzene rings is 2. The number of imide groups is 1. The van der Waals surface area contributed by atoms with Crippen molar-refractivity contribution in [3.05, 3.63) is 64.2 Å². The van der Waals surface area contributed by atoms with Gasteiger partial charge in [0, 0.05) is 31.4 Å². The van der Waals surface area contributed by atoms with Gasteiger partial charge in [0.1, 0.15) is 0 Å². The standard InChI is InChI=1S/C21H22ClN3O3S/c1-25(2)17-8-7-15(22)12-16(17)19(26)23-10-9-13-3-5-14(6-4-13)11-18-20(27)24-21(28)29-18/h3-8,12,18H,9-11H2,1-2H3,(H,23,26)(H,24,27,28)/t18-/m1/s1. The maximum Gasteiger partial charge on any atom is 0.286 e. The minimum atomic E-state index is -0.365. The number of hydrogen-bond donors (Lipinski definition) is 2. The second-order valence-electron chi connectivity index (χ2n) is 6.97. The molecule has 1 fully saturated rings. The Kier molecular flexibility index (Phi) is 6.82. The monoisotopic (exact) mass is 431 g/mol. The van der Waals surface area contributed by atoms with Gasteiger partial charge in [-0.15, -0.1) is 0 Å². The third-order valence-electron chi connectivity index (χ3n) is 4.60. The van der Waals surface area contributed by atoms with Crippen LogP contribution in [-0.2, 0) is 17.6 Å². The second kappa shape index (κ2) is 9.33. The molecule has 0 aliphatic carbocycles. The first-order valence-electron chi connectivity index (χ1n) is 9.18. The Morgan fingerprint density at radius 3 is 2.45 bits per heavy atom. The number of amides is 3. The molecule has 0 spiro atoms. The van der Waals surface area contributed by atoms with Gasteiger partial charge < -0.3 is 10.2 Å². The van der Waals surface area contributed by atoms with Crippen molar-refractivity contribution in [3.8, 4) is 0 Å². The summed E-state index contributed by atoms with van der Waals surface area (Å²) in [5.41, 5.74) is 3.42. The summed E-state index contributed by atoms with van der Waals surface area (Å²) in [5, 5.41) is 5.10. The highest BCUT2D eigenvalue weighted by Crippen LogP contribution is 2.24. The van der Waals surface area contributed by atoms with Crippen LogP contribution in [0.15, 0.2) is 42.5 Å². The molecule has 6 nitrogen and oxygen atoms in total. The van der Waals surface area contributed by atoms with Crippen LogP contribution in [0.25, 0.3) is 0 Å². The van der Waals surface area contributed by atoms with E-state index in [0.717, 1.165) is 28.6 Å². The molecule has 0 saturated carbocycles. The third kappa shape index (κ3) is 5.52. The molecule has 1 aliphatic heterocycles. The molecule has 152 valence electrons. The van der Waals surface area contributed by atoms with Crippen LogP contribution in [0.4, 0.5) is 10.5 Å². The van der Waals surface area contributed by atoms with Gasteiger partial charge in [0.05, 0.1) is 10.8 Å². The van der Waals surface area contributed by atoms with E-state index in [4.69, 9.17) is 11.6 Å². The normalized spacial score (nSPS) is 15.9. The number of carbonyl (C=O) groups is 3. The van der Waals surface area contributed by atoms with Gasteiger partial charge in [0.15, 0.2) is 0 Å². The number of carbonyl (C=O) groups excluding carboxylic acids is 3. The molecular formula is C21H22ClN3O3S. The van der Waals surface area contributed by atoms with E-state index in [1.807, 2.05) is 49.3 Å². The van der Waals surface area contributed by atoms with E-state index in [-0.39, 0.29) is 22.3 Å². The summed E-state index contributed by atoms with van der Waals surface area (Å²) in [6.07, 6.45) is 1.20. The summed E-state index contributed by atoms with van der Waals surface area (Å²) in [6.45, 7) is 0.493. The molecule has 0 aromatic heterocycles. The highest BCUT2D eigenvalue weighted by Gasteiger charge is 2.31. The Morgan fingerprint density at radius 1 is 1.14 bits per heavy atom. The lowest BCUT2D eigenvalue weighted by Crippen LogP contribution is -2.27. The highest BCUT2D eigenvalue weighted by molar-refractivity contribution is 8.15. The van der Waals surface area contributed by atoms with Crippen LogP contribution in [0.3, 0.4) is 0 Å². The summed E-state index contributed by atoms with van der Waals surface area (Å²) in [7, 11) is 3.76. The molecule has 0 bridgehead atoms. The first-order valence-corrected chi connectivity index (χ1v) is 10.4. The smallest absolute Gasteiger partial charge is 0.286 e. The summed E-state index contributed by atoms with van der Waals surface area (Å²) in [6, 6.07) is 13.1. The van der Waals surface area contributed by atoms with Crippen molar-refractivity contribution in [2.24, 2.45) is 0 Å². The molecule has 1 atom stereocenters. The minimum Gasteiger partial charge on any atom is -0.377 e. The molecule has 0 radical (unpaired) electrons.